The summed E-state index contributed by atoms with van der Waals surface area (Å²) >= 11 is 0. The van der Waals surface area contributed by atoms with Crippen LogP contribution >= 0.6 is 0 Å². The molecule has 0 aliphatic carbocycles. The molecule has 0 saturated carbocycles. The molecule has 1 N–H and O–H groups in total. The van der Waals surface area contributed by atoms with Crippen LogP contribution in [0.3, 0.4) is 0 Å². The fraction of sp³-hybridized carbons (Fsp3) is 0.211. The monoisotopic (exact) mass is 365 g/mol. The third kappa shape index (κ3) is 5.63. The Morgan fingerprint density at radius 1 is 1.12 bits per heavy atom. The first-order chi connectivity index (χ1) is 12.4. The fourth-order valence-corrected chi connectivity index (χ4v) is 2.14. The minimum Gasteiger partial charge on any atom is -0.460 e. The van der Waals surface area contributed by atoms with Gasteiger partial charge in [-0.05, 0) is 30.3 Å². The average molecular weight is 365 g/mol. The second-order valence-electron chi connectivity index (χ2n) is 5.25. The first kappa shape index (κ1) is 19.5. The zero-order chi connectivity index (χ0) is 19.0. The Labute approximate surface area is 149 Å². The molecule has 138 valence electrons. The van der Waals surface area contributed by atoms with Gasteiger partial charge >= 0.3 is 12.1 Å². The number of para-hydroxylation sites is 1. The standard InChI is InChI=1S/C19H18F3NO3/c1-2-10-25-11-12-26-18(24)16-8-3-4-9-17(16)23-15-7-5-6-14(13-15)19(20,21)22/h2-9,13,23H,1,10-12H2. The van der Waals surface area contributed by atoms with Crippen molar-refractivity contribution in [1.29, 1.82) is 0 Å². The van der Waals surface area contributed by atoms with Gasteiger partial charge in [-0.1, -0.05) is 24.3 Å². The number of rotatable bonds is 8. The molecule has 2 rings (SSSR count). The molecule has 0 unspecified atom stereocenters. The first-order valence-electron chi connectivity index (χ1n) is 7.81. The van der Waals surface area contributed by atoms with Gasteiger partial charge in [0.15, 0.2) is 0 Å². The maximum absolute atomic E-state index is 12.8. The van der Waals surface area contributed by atoms with E-state index in [2.05, 4.69) is 11.9 Å². The van der Waals surface area contributed by atoms with Crippen LogP contribution in [0.5, 0.6) is 0 Å². The van der Waals surface area contributed by atoms with Crippen LogP contribution in [0.2, 0.25) is 0 Å². The highest BCUT2D eigenvalue weighted by atomic mass is 19.4. The number of ether oxygens (including phenoxy) is 2. The molecule has 4 nitrogen and oxygen atoms in total. The number of alkyl halides is 3. The summed E-state index contributed by atoms with van der Waals surface area (Å²) in [6.45, 7) is 4.14. The number of halogens is 3. The molecule has 0 fully saturated rings. The molecule has 2 aromatic carbocycles. The molecule has 0 radical (unpaired) electrons. The maximum Gasteiger partial charge on any atom is 0.416 e. The highest BCUT2D eigenvalue weighted by molar-refractivity contribution is 5.96. The maximum atomic E-state index is 12.8. The molecular formula is C19H18F3NO3. The Kier molecular flexibility index (Phi) is 6.80. The van der Waals surface area contributed by atoms with Crippen molar-refractivity contribution in [3.63, 3.8) is 0 Å². The van der Waals surface area contributed by atoms with E-state index in [4.69, 9.17) is 9.47 Å². The minimum atomic E-state index is -4.44. The number of carbonyl (C=O) groups is 1. The Morgan fingerprint density at radius 2 is 1.88 bits per heavy atom. The van der Waals surface area contributed by atoms with E-state index in [9.17, 15) is 18.0 Å². The van der Waals surface area contributed by atoms with Crippen LogP contribution in [-0.2, 0) is 15.7 Å². The van der Waals surface area contributed by atoms with E-state index < -0.39 is 17.7 Å². The minimum absolute atomic E-state index is 0.0601. The van der Waals surface area contributed by atoms with Gasteiger partial charge in [0.05, 0.1) is 30.0 Å². The number of hydrogen-bond acceptors (Lipinski definition) is 4. The van der Waals surface area contributed by atoms with Gasteiger partial charge < -0.3 is 14.8 Å². The van der Waals surface area contributed by atoms with Crippen LogP contribution in [0.15, 0.2) is 61.2 Å². The number of carbonyl (C=O) groups excluding carboxylic acids is 1. The second-order valence-corrected chi connectivity index (χ2v) is 5.25. The Morgan fingerprint density at radius 3 is 2.62 bits per heavy atom. The summed E-state index contributed by atoms with van der Waals surface area (Å²) in [6, 6.07) is 11.2. The Bertz CT molecular complexity index is 760. The van der Waals surface area contributed by atoms with E-state index in [1.807, 2.05) is 0 Å². The van der Waals surface area contributed by atoms with Gasteiger partial charge in [-0.2, -0.15) is 13.2 Å². The highest BCUT2D eigenvalue weighted by Crippen LogP contribution is 2.31. The van der Waals surface area contributed by atoms with Gasteiger partial charge in [0.2, 0.25) is 0 Å². The number of anilines is 2. The lowest BCUT2D eigenvalue weighted by atomic mass is 10.1. The van der Waals surface area contributed by atoms with Crippen LogP contribution < -0.4 is 5.32 Å². The SMILES string of the molecule is C=CCOCCOC(=O)c1ccccc1Nc1cccc(C(F)(F)F)c1. The van der Waals surface area contributed by atoms with Crippen LogP contribution in [0, 0.1) is 0 Å². The molecule has 0 saturated heterocycles. The molecule has 7 heteroatoms. The third-order valence-corrected chi connectivity index (χ3v) is 3.31. The van der Waals surface area contributed by atoms with Crippen molar-refractivity contribution in [1.82, 2.24) is 0 Å². The molecule has 0 aromatic heterocycles. The summed E-state index contributed by atoms with van der Waals surface area (Å²) in [6.07, 6.45) is -2.86. The van der Waals surface area contributed by atoms with Crippen LogP contribution in [0.4, 0.5) is 24.5 Å². The van der Waals surface area contributed by atoms with Crippen LogP contribution in [-0.4, -0.2) is 25.8 Å². The summed E-state index contributed by atoms with van der Waals surface area (Å²) < 4.78 is 48.7. The number of nitrogens with one attached hydrogen (secondary N) is 1. The van der Waals surface area contributed by atoms with Crippen molar-refractivity contribution in [3.8, 4) is 0 Å². The van der Waals surface area contributed by atoms with Gasteiger partial charge in [0, 0.05) is 5.69 Å². The average Bonchev–Trinajstić information content (AvgIpc) is 2.61. The summed E-state index contributed by atoms with van der Waals surface area (Å²) in [5, 5.41) is 2.83. The van der Waals surface area contributed by atoms with Gasteiger partial charge in [0.1, 0.15) is 6.61 Å². The zero-order valence-corrected chi connectivity index (χ0v) is 13.9. The quantitative estimate of drug-likeness (QED) is 0.414. The lowest BCUT2D eigenvalue weighted by molar-refractivity contribution is -0.137. The predicted molar refractivity (Wildman–Crippen MR) is 92.5 cm³/mol. The Hall–Kier alpha value is -2.80. The highest BCUT2D eigenvalue weighted by Gasteiger charge is 2.30. The lowest BCUT2D eigenvalue weighted by Gasteiger charge is -2.13. The largest absolute Gasteiger partial charge is 0.460 e. The van der Waals surface area contributed by atoms with E-state index in [0.29, 0.717) is 12.3 Å². The van der Waals surface area contributed by atoms with Crippen molar-refractivity contribution in [2.45, 2.75) is 6.18 Å². The molecular weight excluding hydrogens is 347 g/mol. The number of hydrogen-bond donors (Lipinski definition) is 1. The normalized spacial score (nSPS) is 11.0. The first-order valence-corrected chi connectivity index (χ1v) is 7.81. The van der Waals surface area contributed by atoms with E-state index in [1.54, 1.807) is 24.3 Å². The lowest BCUT2D eigenvalue weighted by Crippen LogP contribution is -2.12. The molecule has 2 aromatic rings. The van der Waals surface area contributed by atoms with E-state index in [0.717, 1.165) is 12.1 Å². The molecule has 0 atom stereocenters. The third-order valence-electron chi connectivity index (χ3n) is 3.31. The summed E-state index contributed by atoms with van der Waals surface area (Å²) in [4.78, 5) is 12.2. The summed E-state index contributed by atoms with van der Waals surface area (Å²) in [5.74, 6) is -0.595. The summed E-state index contributed by atoms with van der Waals surface area (Å²) in [5.41, 5.74) is 0.00813. The number of esters is 1. The zero-order valence-electron chi connectivity index (χ0n) is 13.9. The molecule has 0 spiro atoms. The predicted octanol–water partition coefficient (Wildman–Crippen LogP) is 4.81. The summed E-state index contributed by atoms with van der Waals surface area (Å²) in [7, 11) is 0. The van der Waals surface area contributed by atoms with Gasteiger partial charge in [0.25, 0.3) is 0 Å². The van der Waals surface area contributed by atoms with E-state index in [1.165, 1.54) is 18.2 Å². The van der Waals surface area contributed by atoms with Crippen molar-refractivity contribution in [3.05, 3.63) is 72.3 Å². The van der Waals surface area contributed by atoms with Gasteiger partial charge in [-0.25, -0.2) is 4.79 Å². The Balaban J connectivity index is 2.09. The van der Waals surface area contributed by atoms with Gasteiger partial charge in [-0.15, -0.1) is 6.58 Å². The molecule has 0 aliphatic rings. The molecule has 0 amide bonds. The van der Waals surface area contributed by atoms with Crippen molar-refractivity contribution in [2.75, 3.05) is 25.1 Å². The second kappa shape index (κ2) is 9.05. The molecule has 0 heterocycles. The van der Waals surface area contributed by atoms with Crippen molar-refractivity contribution >= 4 is 17.3 Å². The van der Waals surface area contributed by atoms with Crippen molar-refractivity contribution < 1.29 is 27.4 Å². The van der Waals surface area contributed by atoms with Crippen molar-refractivity contribution in [2.24, 2.45) is 0 Å². The van der Waals surface area contributed by atoms with Crippen LogP contribution in [0.25, 0.3) is 0 Å². The van der Waals surface area contributed by atoms with Gasteiger partial charge in [-0.3, -0.25) is 0 Å². The smallest absolute Gasteiger partial charge is 0.416 e. The number of benzene rings is 2. The van der Waals surface area contributed by atoms with E-state index >= 15 is 0 Å². The topological polar surface area (TPSA) is 47.6 Å². The molecule has 26 heavy (non-hydrogen) atoms. The van der Waals surface area contributed by atoms with Crippen LogP contribution in [0.1, 0.15) is 15.9 Å². The molecule has 0 bridgehead atoms. The van der Waals surface area contributed by atoms with E-state index in [-0.39, 0.29) is 24.5 Å². The fourth-order valence-electron chi connectivity index (χ4n) is 2.14. The molecule has 0 aliphatic heterocycles.